The predicted octanol–water partition coefficient (Wildman–Crippen LogP) is 2.31. The van der Waals surface area contributed by atoms with E-state index in [-0.39, 0.29) is 18.5 Å². The number of amides is 3. The predicted molar refractivity (Wildman–Crippen MR) is 112 cm³/mol. The Labute approximate surface area is 182 Å². The van der Waals surface area contributed by atoms with Gasteiger partial charge in [0.15, 0.2) is 11.5 Å². The van der Waals surface area contributed by atoms with E-state index in [0.29, 0.717) is 48.9 Å². The monoisotopic (exact) mass is 441 g/mol. The molecule has 166 valence electrons. The van der Waals surface area contributed by atoms with Crippen molar-refractivity contribution >= 4 is 29.2 Å². The van der Waals surface area contributed by atoms with Gasteiger partial charge in [-0.1, -0.05) is 0 Å². The number of benzene rings is 1. The summed E-state index contributed by atoms with van der Waals surface area (Å²) in [6, 6.07) is 6.24. The van der Waals surface area contributed by atoms with Crippen LogP contribution in [0, 0.1) is 11.6 Å². The van der Waals surface area contributed by atoms with E-state index in [1.54, 1.807) is 12.1 Å². The maximum absolute atomic E-state index is 14.4. The number of urea groups is 1. The third-order valence-electron chi connectivity index (χ3n) is 5.77. The Bertz CT molecular complexity index is 1200. The third kappa shape index (κ3) is 3.70. The van der Waals surface area contributed by atoms with Crippen LogP contribution in [-0.4, -0.2) is 57.6 Å². The van der Waals surface area contributed by atoms with E-state index in [4.69, 9.17) is 0 Å². The lowest BCUT2D eigenvalue weighted by atomic mass is 10.0. The topological polar surface area (TPSA) is 94.9 Å². The number of halogens is 2. The molecule has 0 aliphatic carbocycles. The van der Waals surface area contributed by atoms with Gasteiger partial charge in [-0.05, 0) is 43.2 Å². The van der Waals surface area contributed by atoms with Gasteiger partial charge in [0.25, 0.3) is 0 Å². The molecule has 9 nitrogen and oxygen atoms in total. The zero-order valence-electron chi connectivity index (χ0n) is 17.1. The van der Waals surface area contributed by atoms with Crippen LogP contribution >= 0.6 is 0 Å². The Balaban J connectivity index is 1.42. The first-order valence-electron chi connectivity index (χ1n) is 10.4. The molecule has 1 atom stereocenters. The summed E-state index contributed by atoms with van der Waals surface area (Å²) in [4.78, 5) is 31.7. The highest BCUT2D eigenvalue weighted by atomic mass is 19.1. The molecule has 2 fully saturated rings. The number of nitrogens with one attached hydrogen (secondary N) is 2. The highest BCUT2D eigenvalue weighted by Gasteiger charge is 2.30. The minimum Gasteiger partial charge on any atom is -0.353 e. The van der Waals surface area contributed by atoms with Crippen molar-refractivity contribution in [2.24, 2.45) is 0 Å². The Morgan fingerprint density at radius 3 is 2.91 bits per heavy atom. The van der Waals surface area contributed by atoms with Crippen molar-refractivity contribution < 1.29 is 18.4 Å². The number of anilines is 2. The van der Waals surface area contributed by atoms with Gasteiger partial charge in [0.1, 0.15) is 24.0 Å². The number of aromatic nitrogens is 3. The molecule has 3 amide bonds. The molecular formula is C21H21F2N7O2. The lowest BCUT2D eigenvalue weighted by molar-refractivity contribution is -0.123. The lowest BCUT2D eigenvalue weighted by Crippen LogP contribution is -2.51. The van der Waals surface area contributed by atoms with Crippen LogP contribution in [0.3, 0.4) is 0 Å². The van der Waals surface area contributed by atoms with Crippen LogP contribution < -0.4 is 15.5 Å². The summed E-state index contributed by atoms with van der Waals surface area (Å²) < 4.78 is 29.7. The molecule has 0 saturated carbocycles. The molecule has 1 aromatic carbocycles. The molecule has 0 spiro atoms. The van der Waals surface area contributed by atoms with Crippen LogP contribution in [0.15, 0.2) is 36.5 Å². The van der Waals surface area contributed by atoms with Crippen LogP contribution in [0.1, 0.15) is 24.4 Å². The molecule has 2 aliphatic heterocycles. The maximum Gasteiger partial charge on any atom is 0.323 e. The van der Waals surface area contributed by atoms with E-state index < -0.39 is 17.7 Å². The minimum atomic E-state index is -0.484. The average Bonchev–Trinajstić information content (AvgIpc) is 3.42. The van der Waals surface area contributed by atoms with E-state index in [1.807, 2.05) is 4.90 Å². The number of imidazole rings is 1. The molecule has 5 rings (SSSR count). The summed E-state index contributed by atoms with van der Waals surface area (Å²) in [7, 11) is 0. The second-order valence-electron chi connectivity index (χ2n) is 7.82. The first-order valence-corrected chi connectivity index (χ1v) is 10.4. The van der Waals surface area contributed by atoms with Crippen molar-refractivity contribution in [3.8, 4) is 0 Å². The summed E-state index contributed by atoms with van der Waals surface area (Å²) in [5, 5.41) is 10.0. The van der Waals surface area contributed by atoms with Crippen LogP contribution in [-0.2, 0) is 4.79 Å². The summed E-state index contributed by atoms with van der Waals surface area (Å²) in [5.41, 5.74) is 0.819. The number of carbonyl (C=O) groups is 2. The van der Waals surface area contributed by atoms with E-state index in [0.717, 1.165) is 18.6 Å². The molecule has 0 unspecified atom stereocenters. The van der Waals surface area contributed by atoms with Crippen LogP contribution in [0.5, 0.6) is 0 Å². The number of hydrogen-bond acceptors (Lipinski definition) is 5. The molecule has 0 radical (unpaired) electrons. The van der Waals surface area contributed by atoms with Gasteiger partial charge in [-0.25, -0.2) is 18.6 Å². The lowest BCUT2D eigenvalue weighted by Gasteiger charge is -2.27. The number of carbonyl (C=O) groups excluding carboxylic acids is 2. The number of piperazine rings is 1. The van der Waals surface area contributed by atoms with Crippen LogP contribution in [0.2, 0.25) is 0 Å². The fraction of sp³-hybridized carbons (Fsp3) is 0.333. The molecule has 0 bridgehead atoms. The van der Waals surface area contributed by atoms with E-state index in [9.17, 15) is 18.4 Å². The highest BCUT2D eigenvalue weighted by Crippen LogP contribution is 2.36. The van der Waals surface area contributed by atoms with E-state index in [2.05, 4.69) is 20.7 Å². The van der Waals surface area contributed by atoms with Gasteiger partial charge in [0, 0.05) is 25.2 Å². The summed E-state index contributed by atoms with van der Waals surface area (Å²) in [6.45, 7) is 1.42. The first kappa shape index (κ1) is 20.2. The first-order chi connectivity index (χ1) is 15.5. The van der Waals surface area contributed by atoms with Crippen molar-refractivity contribution in [1.29, 1.82) is 0 Å². The van der Waals surface area contributed by atoms with Gasteiger partial charge in [-0.2, -0.15) is 4.52 Å². The number of fused-ring (bicyclic) bond motifs is 1. The Morgan fingerprint density at radius 2 is 2.06 bits per heavy atom. The van der Waals surface area contributed by atoms with Crippen molar-refractivity contribution in [3.05, 3.63) is 53.7 Å². The highest BCUT2D eigenvalue weighted by molar-refractivity contribution is 5.92. The van der Waals surface area contributed by atoms with Gasteiger partial charge in [0.2, 0.25) is 5.91 Å². The Morgan fingerprint density at radius 1 is 1.19 bits per heavy atom. The van der Waals surface area contributed by atoms with Gasteiger partial charge in [0.05, 0.1) is 12.2 Å². The molecule has 2 saturated heterocycles. The quantitative estimate of drug-likeness (QED) is 0.651. The zero-order chi connectivity index (χ0) is 22.2. The van der Waals surface area contributed by atoms with Gasteiger partial charge in [-0.15, -0.1) is 5.10 Å². The molecular weight excluding hydrogens is 420 g/mol. The molecule has 2 aliphatic rings. The van der Waals surface area contributed by atoms with Crippen LogP contribution in [0.4, 0.5) is 25.2 Å². The largest absolute Gasteiger partial charge is 0.353 e. The molecule has 3 aromatic rings. The smallest absolute Gasteiger partial charge is 0.323 e. The summed E-state index contributed by atoms with van der Waals surface area (Å²) in [6.07, 6.45) is 2.97. The van der Waals surface area contributed by atoms with Gasteiger partial charge in [-0.3, -0.25) is 10.1 Å². The third-order valence-corrected chi connectivity index (χ3v) is 5.77. The van der Waals surface area contributed by atoms with Crippen molar-refractivity contribution in [3.63, 3.8) is 0 Å². The normalized spacial score (nSPS) is 18.8. The van der Waals surface area contributed by atoms with Gasteiger partial charge >= 0.3 is 6.03 Å². The fourth-order valence-electron chi connectivity index (χ4n) is 4.24. The zero-order valence-corrected chi connectivity index (χ0v) is 17.1. The average molecular weight is 441 g/mol. The van der Waals surface area contributed by atoms with E-state index >= 15 is 0 Å². The molecule has 2 N–H and O–H groups in total. The molecule has 2 aromatic heterocycles. The second kappa shape index (κ2) is 8.06. The summed E-state index contributed by atoms with van der Waals surface area (Å²) >= 11 is 0. The van der Waals surface area contributed by atoms with Crippen molar-refractivity contribution in [2.75, 3.05) is 36.4 Å². The molecule has 11 heteroatoms. The molecule has 32 heavy (non-hydrogen) atoms. The fourth-order valence-corrected chi connectivity index (χ4v) is 4.24. The SMILES string of the molecule is O=C1CN(C(=O)Nc2cnc3ccc(N4CCC[C@@H]4c4cc(F)ccc4F)nn23)CCN1. The van der Waals surface area contributed by atoms with E-state index in [1.165, 1.54) is 21.7 Å². The molecule has 4 heterocycles. The summed E-state index contributed by atoms with van der Waals surface area (Å²) in [5.74, 6) is -0.233. The van der Waals surface area contributed by atoms with Crippen molar-refractivity contribution in [1.82, 2.24) is 24.8 Å². The van der Waals surface area contributed by atoms with Crippen molar-refractivity contribution in [2.45, 2.75) is 18.9 Å². The van der Waals surface area contributed by atoms with Gasteiger partial charge < -0.3 is 15.1 Å². The number of hydrogen-bond donors (Lipinski definition) is 2. The Kier molecular flexibility index (Phi) is 5.08. The standard InChI is InChI=1S/C21H21F2N7O2/c22-13-3-4-15(23)14(10-13)16-2-1-8-29(16)18-6-5-17-25-11-19(30(17)27-18)26-21(32)28-9-7-24-20(31)12-28/h3-6,10-11,16H,1-2,7-9,12H2,(H,24,31)(H,26,32)/t16-/m1/s1. The number of nitrogens with zero attached hydrogens (tertiary/aromatic N) is 5. The minimum absolute atomic E-state index is 0.0180. The maximum atomic E-state index is 14.4. The Hall–Kier alpha value is -3.76. The number of rotatable bonds is 3. The second-order valence-corrected chi connectivity index (χ2v) is 7.82. The van der Waals surface area contributed by atoms with Crippen LogP contribution in [0.25, 0.3) is 5.65 Å².